The second kappa shape index (κ2) is 16.2. The van der Waals surface area contributed by atoms with E-state index in [-0.39, 0.29) is 26.1 Å². The van der Waals surface area contributed by atoms with E-state index in [9.17, 15) is 24.3 Å². The molecule has 0 saturated heterocycles. The summed E-state index contributed by atoms with van der Waals surface area (Å²) in [5.41, 5.74) is 1.56. The molecule has 0 aliphatic heterocycles. The van der Waals surface area contributed by atoms with Crippen LogP contribution in [0.4, 0.5) is 4.79 Å². The molecule has 1 aromatic carbocycles. The van der Waals surface area contributed by atoms with Crippen molar-refractivity contribution in [1.82, 2.24) is 15.5 Å². The average Bonchev–Trinajstić information content (AvgIpc) is 2.82. The quantitative estimate of drug-likeness (QED) is 0.300. The number of hydrogen-bond donors (Lipinski definition) is 3. The monoisotopic (exact) mass is 553 g/mol. The molecule has 10 nitrogen and oxygen atoms in total. The highest BCUT2D eigenvalue weighted by molar-refractivity contribution is 7.98. The first kappa shape index (κ1) is 33.2. The minimum atomic E-state index is -1.10. The Morgan fingerprint density at radius 3 is 2.42 bits per heavy atom. The summed E-state index contributed by atoms with van der Waals surface area (Å²) >= 11 is 1.51. The van der Waals surface area contributed by atoms with E-state index in [0.717, 1.165) is 11.1 Å². The highest BCUT2D eigenvalue weighted by atomic mass is 32.2. The third kappa shape index (κ3) is 10.9. The summed E-state index contributed by atoms with van der Waals surface area (Å²) in [7, 11) is 0. The van der Waals surface area contributed by atoms with Gasteiger partial charge < -0.3 is 30.1 Å². The first-order valence-corrected chi connectivity index (χ1v) is 14.1. The number of alkyl carbamates (subject to hydrolysis) is 1. The molecule has 0 aromatic heterocycles. The Hall–Kier alpha value is -2.79. The largest absolute Gasteiger partial charge is 0.466 e. The number of benzene rings is 1. The number of aliphatic hydroxyl groups is 1. The van der Waals surface area contributed by atoms with E-state index in [1.54, 1.807) is 39.8 Å². The summed E-state index contributed by atoms with van der Waals surface area (Å²) in [6.45, 7) is 10.3. The van der Waals surface area contributed by atoms with Gasteiger partial charge in [0.2, 0.25) is 11.8 Å². The Kier molecular flexibility index (Phi) is 14.2. The van der Waals surface area contributed by atoms with E-state index >= 15 is 0 Å². The number of ether oxygens (including phenoxy) is 2. The van der Waals surface area contributed by atoms with Gasteiger partial charge in [0.1, 0.15) is 17.7 Å². The van der Waals surface area contributed by atoms with Crippen molar-refractivity contribution in [2.24, 2.45) is 0 Å². The number of carbonyl (C=O) groups excluding carboxylic acids is 4. The van der Waals surface area contributed by atoms with E-state index < -0.39 is 48.2 Å². The maximum atomic E-state index is 13.9. The van der Waals surface area contributed by atoms with Gasteiger partial charge in [-0.3, -0.25) is 14.4 Å². The number of rotatable bonds is 14. The number of hydrogen-bond acceptors (Lipinski definition) is 8. The maximum absolute atomic E-state index is 13.9. The van der Waals surface area contributed by atoms with Crippen LogP contribution >= 0.6 is 11.8 Å². The van der Waals surface area contributed by atoms with Gasteiger partial charge in [-0.05, 0) is 76.7 Å². The van der Waals surface area contributed by atoms with Crippen molar-refractivity contribution in [3.8, 4) is 0 Å². The molecule has 0 fully saturated rings. The van der Waals surface area contributed by atoms with Crippen LogP contribution in [0.3, 0.4) is 0 Å². The molecule has 1 rings (SSSR count). The van der Waals surface area contributed by atoms with Crippen LogP contribution in [0.2, 0.25) is 0 Å². The Morgan fingerprint density at radius 2 is 1.84 bits per heavy atom. The zero-order chi connectivity index (χ0) is 28.9. The molecule has 0 spiro atoms. The smallest absolute Gasteiger partial charge is 0.408 e. The van der Waals surface area contributed by atoms with Crippen LogP contribution in [0.5, 0.6) is 0 Å². The zero-order valence-corrected chi connectivity index (χ0v) is 24.4. The summed E-state index contributed by atoms with van der Waals surface area (Å²) in [6, 6.07) is 3.37. The van der Waals surface area contributed by atoms with E-state index in [1.807, 2.05) is 26.2 Å². The summed E-state index contributed by atoms with van der Waals surface area (Å²) in [5, 5.41) is 15.3. The van der Waals surface area contributed by atoms with Crippen molar-refractivity contribution in [3.05, 3.63) is 34.9 Å². The van der Waals surface area contributed by atoms with Gasteiger partial charge >= 0.3 is 12.1 Å². The Labute approximate surface area is 230 Å². The van der Waals surface area contributed by atoms with Gasteiger partial charge in [0.25, 0.3) is 0 Å². The van der Waals surface area contributed by atoms with E-state index in [2.05, 4.69) is 10.6 Å². The van der Waals surface area contributed by atoms with Crippen LogP contribution in [0.15, 0.2) is 18.2 Å². The first-order chi connectivity index (χ1) is 17.9. The predicted molar refractivity (Wildman–Crippen MR) is 148 cm³/mol. The Morgan fingerprint density at radius 1 is 1.16 bits per heavy atom. The van der Waals surface area contributed by atoms with Crippen LogP contribution in [-0.2, 0) is 23.9 Å². The van der Waals surface area contributed by atoms with Gasteiger partial charge in [-0.2, -0.15) is 11.8 Å². The van der Waals surface area contributed by atoms with Crippen molar-refractivity contribution in [1.29, 1.82) is 0 Å². The highest BCUT2D eigenvalue weighted by Crippen LogP contribution is 2.27. The molecular weight excluding hydrogens is 510 g/mol. The molecule has 0 heterocycles. The molecule has 3 N–H and O–H groups in total. The number of amides is 3. The van der Waals surface area contributed by atoms with Crippen LogP contribution in [0, 0.1) is 13.8 Å². The van der Waals surface area contributed by atoms with Crippen molar-refractivity contribution >= 4 is 35.6 Å². The lowest BCUT2D eigenvalue weighted by Crippen LogP contribution is -2.54. The molecular formula is C27H43N3O7S. The molecule has 1 aromatic rings. The lowest BCUT2D eigenvalue weighted by molar-refractivity contribution is -0.144. The number of nitrogens with zero attached hydrogens (tertiary/aromatic N) is 1. The normalized spacial score (nSPS) is 12.7. The van der Waals surface area contributed by atoms with Gasteiger partial charge in [0.05, 0.1) is 19.6 Å². The van der Waals surface area contributed by atoms with Crippen LogP contribution in [0.1, 0.15) is 63.3 Å². The third-order valence-corrected chi connectivity index (χ3v) is 6.30. The second-order valence-corrected chi connectivity index (χ2v) is 10.8. The SMILES string of the molecule is CCOC(=O)CCNC(=O)C(c1cccc(C)c1C)N(CCO)C(=O)C(CCSC)NC(=O)OC(C)(C)C. The van der Waals surface area contributed by atoms with Crippen molar-refractivity contribution < 1.29 is 33.8 Å². The summed E-state index contributed by atoms with van der Waals surface area (Å²) in [5.74, 6) is -0.909. The van der Waals surface area contributed by atoms with Crippen LogP contribution in [-0.4, -0.2) is 83.8 Å². The van der Waals surface area contributed by atoms with Gasteiger partial charge in [-0.25, -0.2) is 4.79 Å². The van der Waals surface area contributed by atoms with Gasteiger partial charge in [0.15, 0.2) is 0 Å². The van der Waals surface area contributed by atoms with Gasteiger partial charge in [-0.1, -0.05) is 18.2 Å². The number of esters is 1. The molecule has 3 amide bonds. The second-order valence-electron chi connectivity index (χ2n) is 9.77. The van der Waals surface area contributed by atoms with Crippen LogP contribution in [0.25, 0.3) is 0 Å². The van der Waals surface area contributed by atoms with E-state index in [1.165, 1.54) is 16.7 Å². The standard InChI is InChI=1S/C27H43N3O7S/c1-8-36-22(32)12-14-28-24(33)23(20-11-9-10-18(2)19(20)3)30(15-16-31)25(34)21(13-17-38-7)29-26(35)37-27(4,5)6/h9-11,21,23,31H,8,12-17H2,1-7H3,(H,28,33)(H,29,35). The lowest BCUT2D eigenvalue weighted by Gasteiger charge is -2.35. The summed E-state index contributed by atoms with van der Waals surface area (Å²) in [4.78, 5) is 53.1. The number of thioether (sulfide) groups is 1. The number of carbonyl (C=O) groups is 4. The zero-order valence-electron chi connectivity index (χ0n) is 23.6. The highest BCUT2D eigenvalue weighted by Gasteiger charge is 2.36. The minimum Gasteiger partial charge on any atom is -0.466 e. The predicted octanol–water partition coefficient (Wildman–Crippen LogP) is 2.88. The minimum absolute atomic E-state index is 0.0201. The maximum Gasteiger partial charge on any atom is 0.408 e. The van der Waals surface area contributed by atoms with E-state index in [0.29, 0.717) is 17.7 Å². The third-order valence-electron chi connectivity index (χ3n) is 5.66. The molecule has 0 bridgehead atoms. The number of aliphatic hydroxyl groups excluding tert-OH is 1. The Balaban J connectivity index is 3.41. The molecule has 2 unspecified atom stereocenters. The fourth-order valence-corrected chi connectivity index (χ4v) is 4.23. The molecule has 0 saturated carbocycles. The molecule has 11 heteroatoms. The summed E-state index contributed by atoms with van der Waals surface area (Å²) in [6.07, 6.45) is 1.41. The van der Waals surface area contributed by atoms with Crippen molar-refractivity contribution in [3.63, 3.8) is 0 Å². The lowest BCUT2D eigenvalue weighted by atomic mass is 9.95. The topological polar surface area (TPSA) is 134 Å². The van der Waals surface area contributed by atoms with E-state index in [4.69, 9.17) is 9.47 Å². The molecule has 0 aliphatic rings. The van der Waals surface area contributed by atoms with Crippen LogP contribution < -0.4 is 10.6 Å². The van der Waals surface area contributed by atoms with Gasteiger partial charge in [0, 0.05) is 13.1 Å². The molecule has 38 heavy (non-hydrogen) atoms. The average molecular weight is 554 g/mol. The van der Waals surface area contributed by atoms with Crippen molar-refractivity contribution in [2.75, 3.05) is 38.3 Å². The molecule has 0 aliphatic carbocycles. The molecule has 0 radical (unpaired) electrons. The summed E-state index contributed by atoms with van der Waals surface area (Å²) < 4.78 is 10.3. The molecule has 2 atom stereocenters. The Bertz CT molecular complexity index is 949. The molecule has 214 valence electrons. The fourth-order valence-electron chi connectivity index (χ4n) is 3.76. The fraction of sp³-hybridized carbons (Fsp3) is 0.630. The number of nitrogens with one attached hydrogen (secondary N) is 2. The first-order valence-electron chi connectivity index (χ1n) is 12.7. The van der Waals surface area contributed by atoms with Gasteiger partial charge in [-0.15, -0.1) is 0 Å². The number of aryl methyl sites for hydroxylation is 1. The van der Waals surface area contributed by atoms with Crippen molar-refractivity contribution in [2.45, 2.75) is 72.1 Å².